The molecule has 0 radical (unpaired) electrons. The number of hydrogen-bond acceptors (Lipinski definition) is 3. The van der Waals surface area contributed by atoms with E-state index in [1.807, 2.05) is 7.05 Å². The fraction of sp³-hybridized carbons (Fsp3) is 0.533. The molecule has 9 heteroatoms. The van der Waals surface area contributed by atoms with Gasteiger partial charge in [0.05, 0.1) is 12.2 Å². The number of alkyl halides is 3. The second-order valence-electron chi connectivity index (χ2n) is 5.17. The lowest BCUT2D eigenvalue weighted by Gasteiger charge is -2.22. The van der Waals surface area contributed by atoms with Gasteiger partial charge in [0, 0.05) is 12.6 Å². The summed E-state index contributed by atoms with van der Waals surface area (Å²) < 4.78 is 41.0. The fourth-order valence-electron chi connectivity index (χ4n) is 1.82. The highest BCUT2D eigenvalue weighted by atomic mass is 127. The summed E-state index contributed by atoms with van der Waals surface area (Å²) in [6.45, 7) is 5.36. The van der Waals surface area contributed by atoms with Gasteiger partial charge in [-0.15, -0.1) is 37.1 Å². The number of nitrogens with two attached hydrogens (primary N) is 1. The second kappa shape index (κ2) is 10.6. The van der Waals surface area contributed by atoms with Crippen molar-refractivity contribution in [3.05, 3.63) is 24.3 Å². The molecule has 0 amide bonds. The molecular formula is C15H24F3IN4O. The zero-order valence-corrected chi connectivity index (χ0v) is 16.3. The standard InChI is InChI=1S/C15H23F3N4O.HI/c1-4-11(2)22(3)10-9-20-14(19)21-12-7-5-6-8-13(12)23-15(16,17)18;/h5-8,11H,4,9-10H2,1-3H3,(H3,19,20,21);1H. The number of nitrogens with zero attached hydrogens (tertiary/aromatic N) is 2. The van der Waals surface area contributed by atoms with Gasteiger partial charge in [0.2, 0.25) is 0 Å². The van der Waals surface area contributed by atoms with E-state index < -0.39 is 6.36 Å². The molecule has 1 rings (SSSR count). The first-order valence-electron chi connectivity index (χ1n) is 7.35. The highest BCUT2D eigenvalue weighted by Gasteiger charge is 2.32. The van der Waals surface area contributed by atoms with Gasteiger partial charge in [-0.1, -0.05) is 19.1 Å². The molecule has 0 aromatic heterocycles. The Morgan fingerprint density at radius 1 is 1.38 bits per heavy atom. The second-order valence-corrected chi connectivity index (χ2v) is 5.17. The van der Waals surface area contributed by atoms with Crippen LogP contribution in [0, 0.1) is 0 Å². The lowest BCUT2D eigenvalue weighted by atomic mass is 10.2. The molecule has 0 aliphatic rings. The van der Waals surface area contributed by atoms with E-state index in [1.54, 1.807) is 6.07 Å². The maximum atomic E-state index is 12.3. The third kappa shape index (κ3) is 8.57. The average Bonchev–Trinajstić information content (AvgIpc) is 2.46. The summed E-state index contributed by atoms with van der Waals surface area (Å²) in [7, 11) is 1.99. The largest absolute Gasteiger partial charge is 0.573 e. The van der Waals surface area contributed by atoms with Crippen LogP contribution in [0.1, 0.15) is 20.3 Å². The van der Waals surface area contributed by atoms with E-state index in [2.05, 4.69) is 33.8 Å². The van der Waals surface area contributed by atoms with E-state index in [0.717, 1.165) is 6.42 Å². The number of anilines is 1. The van der Waals surface area contributed by atoms with Gasteiger partial charge in [0.25, 0.3) is 0 Å². The molecule has 1 aromatic carbocycles. The lowest BCUT2D eigenvalue weighted by Crippen LogP contribution is -2.32. The van der Waals surface area contributed by atoms with E-state index in [-0.39, 0.29) is 41.4 Å². The summed E-state index contributed by atoms with van der Waals surface area (Å²) in [4.78, 5) is 6.25. The van der Waals surface area contributed by atoms with Crippen LogP contribution in [0.5, 0.6) is 5.75 Å². The van der Waals surface area contributed by atoms with E-state index >= 15 is 0 Å². The van der Waals surface area contributed by atoms with E-state index in [4.69, 9.17) is 5.73 Å². The minimum absolute atomic E-state index is 0. The molecule has 138 valence electrons. The van der Waals surface area contributed by atoms with Crippen molar-refractivity contribution in [1.82, 2.24) is 4.90 Å². The predicted octanol–water partition coefficient (Wildman–Crippen LogP) is 3.66. The Hall–Kier alpha value is -1.23. The van der Waals surface area contributed by atoms with Gasteiger partial charge >= 0.3 is 6.36 Å². The lowest BCUT2D eigenvalue weighted by molar-refractivity contribution is -0.274. The molecule has 3 N–H and O–H groups in total. The molecule has 1 aromatic rings. The minimum Gasteiger partial charge on any atom is -0.404 e. The van der Waals surface area contributed by atoms with Gasteiger partial charge in [-0.05, 0) is 32.5 Å². The SMILES string of the molecule is CCC(C)N(C)CCN=C(N)Nc1ccccc1OC(F)(F)F.I. The first-order valence-corrected chi connectivity index (χ1v) is 7.35. The summed E-state index contributed by atoms with van der Waals surface area (Å²) >= 11 is 0. The van der Waals surface area contributed by atoms with E-state index in [0.29, 0.717) is 19.1 Å². The molecule has 0 saturated heterocycles. The van der Waals surface area contributed by atoms with Gasteiger partial charge in [0.1, 0.15) is 0 Å². The highest BCUT2D eigenvalue weighted by Crippen LogP contribution is 2.29. The summed E-state index contributed by atoms with van der Waals surface area (Å²) in [5, 5.41) is 2.63. The summed E-state index contributed by atoms with van der Waals surface area (Å²) in [5.41, 5.74) is 5.83. The number of guanidine groups is 1. The van der Waals surface area contributed by atoms with Crippen molar-refractivity contribution in [3.8, 4) is 5.75 Å². The van der Waals surface area contributed by atoms with Crippen LogP contribution in [0.25, 0.3) is 0 Å². The van der Waals surface area contributed by atoms with E-state index in [1.165, 1.54) is 18.2 Å². The van der Waals surface area contributed by atoms with Crippen LogP contribution in [-0.4, -0.2) is 43.4 Å². The third-order valence-corrected chi connectivity index (χ3v) is 3.45. The summed E-state index contributed by atoms with van der Waals surface area (Å²) in [6.07, 6.45) is -3.74. The zero-order chi connectivity index (χ0) is 17.5. The van der Waals surface area contributed by atoms with Crippen LogP contribution in [0.4, 0.5) is 18.9 Å². The Morgan fingerprint density at radius 3 is 2.58 bits per heavy atom. The number of ether oxygens (including phenoxy) is 1. The van der Waals surface area contributed by atoms with Crippen molar-refractivity contribution < 1.29 is 17.9 Å². The topological polar surface area (TPSA) is 62.9 Å². The minimum atomic E-state index is -4.76. The number of benzene rings is 1. The first kappa shape index (κ1) is 22.8. The molecule has 0 saturated carbocycles. The van der Waals surface area contributed by atoms with Gasteiger partial charge < -0.3 is 20.7 Å². The van der Waals surface area contributed by atoms with Crippen LogP contribution in [-0.2, 0) is 0 Å². The molecule has 0 heterocycles. The van der Waals surface area contributed by atoms with Crippen molar-refractivity contribution in [2.45, 2.75) is 32.7 Å². The van der Waals surface area contributed by atoms with Crippen molar-refractivity contribution in [2.24, 2.45) is 10.7 Å². The van der Waals surface area contributed by atoms with Gasteiger partial charge in [0.15, 0.2) is 11.7 Å². The quantitative estimate of drug-likeness (QED) is 0.371. The van der Waals surface area contributed by atoms with Gasteiger partial charge in [-0.2, -0.15) is 0 Å². The van der Waals surface area contributed by atoms with Crippen molar-refractivity contribution in [3.63, 3.8) is 0 Å². The molecule has 0 bridgehead atoms. The molecular weight excluding hydrogens is 436 g/mol. The van der Waals surface area contributed by atoms with Crippen LogP contribution in [0.2, 0.25) is 0 Å². The molecule has 1 atom stereocenters. The number of likely N-dealkylation sites (N-methyl/N-ethyl adjacent to an activating group) is 1. The number of halogens is 4. The molecule has 0 spiro atoms. The number of nitrogens with one attached hydrogen (secondary N) is 1. The normalized spacial score (nSPS) is 13.4. The number of hydrogen-bond donors (Lipinski definition) is 2. The molecule has 0 fully saturated rings. The third-order valence-electron chi connectivity index (χ3n) is 3.45. The summed E-state index contributed by atoms with van der Waals surface area (Å²) in [5.74, 6) is -0.310. The maximum Gasteiger partial charge on any atom is 0.573 e. The smallest absolute Gasteiger partial charge is 0.404 e. The number of aliphatic imine (C=N–C) groups is 1. The maximum absolute atomic E-state index is 12.3. The molecule has 24 heavy (non-hydrogen) atoms. The molecule has 0 aliphatic heterocycles. The Labute approximate surface area is 157 Å². The predicted molar refractivity (Wildman–Crippen MR) is 101 cm³/mol. The zero-order valence-electron chi connectivity index (χ0n) is 13.9. The fourth-order valence-corrected chi connectivity index (χ4v) is 1.82. The van der Waals surface area contributed by atoms with Gasteiger partial charge in [-0.3, -0.25) is 4.99 Å². The Balaban J connectivity index is 0.00000529. The van der Waals surface area contributed by atoms with Crippen molar-refractivity contribution in [2.75, 3.05) is 25.5 Å². The van der Waals surface area contributed by atoms with Crippen LogP contribution in [0.15, 0.2) is 29.3 Å². The average molecular weight is 460 g/mol. The van der Waals surface area contributed by atoms with Crippen molar-refractivity contribution >= 4 is 35.6 Å². The van der Waals surface area contributed by atoms with Crippen LogP contribution >= 0.6 is 24.0 Å². The van der Waals surface area contributed by atoms with Crippen molar-refractivity contribution in [1.29, 1.82) is 0 Å². The van der Waals surface area contributed by atoms with Gasteiger partial charge in [-0.25, -0.2) is 0 Å². The van der Waals surface area contributed by atoms with Crippen LogP contribution < -0.4 is 15.8 Å². The Morgan fingerprint density at radius 2 is 2.00 bits per heavy atom. The number of rotatable bonds is 7. The summed E-state index contributed by atoms with van der Waals surface area (Å²) in [6, 6.07) is 6.10. The Kier molecular flexibility index (Phi) is 10.1. The van der Waals surface area contributed by atoms with E-state index in [9.17, 15) is 13.2 Å². The molecule has 1 unspecified atom stereocenters. The molecule has 0 aliphatic carbocycles. The number of para-hydroxylation sites is 2. The monoisotopic (exact) mass is 460 g/mol. The Bertz CT molecular complexity index is 526. The first-order chi connectivity index (χ1) is 10.7. The van der Waals surface area contributed by atoms with Crippen LogP contribution in [0.3, 0.4) is 0 Å². The molecule has 5 nitrogen and oxygen atoms in total. The highest BCUT2D eigenvalue weighted by molar-refractivity contribution is 14.0.